The quantitative estimate of drug-likeness (QED) is 0.104. The van der Waals surface area contributed by atoms with Crippen molar-refractivity contribution < 1.29 is 28.3 Å². The van der Waals surface area contributed by atoms with Crippen molar-refractivity contribution in [3.05, 3.63) is 143 Å². The number of aliphatic hydroxyl groups is 1. The molecule has 1 saturated heterocycles. The molecule has 2 amide bonds. The molecule has 10 nitrogen and oxygen atoms in total. The Bertz CT molecular complexity index is 2520. The van der Waals surface area contributed by atoms with Gasteiger partial charge in [0.05, 0.1) is 54.9 Å². The summed E-state index contributed by atoms with van der Waals surface area (Å²) < 4.78 is 31.0. The van der Waals surface area contributed by atoms with Gasteiger partial charge < -0.3 is 23.6 Å². The average Bonchev–Trinajstić information content (AvgIpc) is 3.94. The molecule has 5 aromatic carbocycles. The minimum absolute atomic E-state index is 0.0950. The molecule has 1 unspecified atom stereocenters. The van der Waals surface area contributed by atoms with Crippen LogP contribution >= 0.6 is 0 Å². The number of hydrogen-bond donors (Lipinski definition) is 1. The van der Waals surface area contributed by atoms with E-state index in [2.05, 4.69) is 10.3 Å². The van der Waals surface area contributed by atoms with E-state index in [4.69, 9.17) is 9.47 Å². The molecule has 9 rings (SSSR count). The van der Waals surface area contributed by atoms with Crippen molar-refractivity contribution in [3.63, 3.8) is 0 Å². The Morgan fingerprint density at radius 3 is 2.47 bits per heavy atom. The van der Waals surface area contributed by atoms with Crippen LogP contribution in [-0.2, 0) is 28.2 Å². The van der Waals surface area contributed by atoms with E-state index in [1.807, 2.05) is 122 Å². The van der Waals surface area contributed by atoms with Crippen LogP contribution in [0.1, 0.15) is 52.0 Å². The number of halogens is 1. The summed E-state index contributed by atoms with van der Waals surface area (Å²) in [5.74, 6) is -0.589. The van der Waals surface area contributed by atoms with Gasteiger partial charge in [-0.3, -0.25) is 19.2 Å². The number of carbonyl (C=O) groups is 2. The van der Waals surface area contributed by atoms with Crippen LogP contribution in [0.25, 0.3) is 10.8 Å². The second kappa shape index (κ2) is 14.0. The molecule has 290 valence electrons. The third kappa shape index (κ3) is 5.96. The van der Waals surface area contributed by atoms with Crippen molar-refractivity contribution in [2.45, 2.75) is 62.7 Å². The zero-order valence-electron chi connectivity index (χ0n) is 32.3. The van der Waals surface area contributed by atoms with E-state index in [9.17, 15) is 9.90 Å². The van der Waals surface area contributed by atoms with E-state index >= 15 is 8.90 Å². The summed E-state index contributed by atoms with van der Waals surface area (Å²) in [6.45, 7) is 5.81. The van der Waals surface area contributed by atoms with E-state index in [1.165, 1.54) is 0 Å². The van der Waals surface area contributed by atoms with Crippen LogP contribution in [-0.4, -0.2) is 60.1 Å². The molecular formula is C45H44FN5O5Si. The van der Waals surface area contributed by atoms with Crippen LogP contribution in [0.2, 0.25) is 18.6 Å². The third-order valence-electron chi connectivity index (χ3n) is 12.2. The summed E-state index contributed by atoms with van der Waals surface area (Å²) in [6.07, 6.45) is 1.64. The highest BCUT2D eigenvalue weighted by molar-refractivity contribution is 6.72. The molecule has 1 spiro atoms. The molecule has 1 N–H and O–H groups in total. The SMILES string of the molecule is COc1ccc2c(c1)[C@@]1(O[C@H](CCn3cc(C(CO)c4ccccc4)nn3)[C@@H]([Si](C)(C)F)[C@@H]1C)C(=O)N2Cc1cccc(N2C(=O)c3cccc4cccc2c34)c1. The van der Waals surface area contributed by atoms with E-state index in [0.29, 0.717) is 46.9 Å². The number of amides is 2. The number of carbonyl (C=O) groups excluding carboxylic acids is 2. The largest absolute Gasteiger partial charge is 0.497 e. The molecule has 3 aliphatic heterocycles. The topological polar surface area (TPSA) is 110 Å². The molecule has 57 heavy (non-hydrogen) atoms. The second-order valence-corrected chi connectivity index (χ2v) is 19.7. The Morgan fingerprint density at radius 2 is 1.72 bits per heavy atom. The molecular weight excluding hydrogens is 738 g/mol. The zero-order chi connectivity index (χ0) is 39.6. The summed E-state index contributed by atoms with van der Waals surface area (Å²) in [5, 5.41) is 20.9. The Balaban J connectivity index is 1.02. The Labute approximate surface area is 331 Å². The fourth-order valence-corrected chi connectivity index (χ4v) is 12.2. The first kappa shape index (κ1) is 36.9. The molecule has 0 bridgehead atoms. The number of aromatic nitrogens is 3. The van der Waals surface area contributed by atoms with Crippen molar-refractivity contribution in [1.82, 2.24) is 15.0 Å². The Kier molecular flexibility index (Phi) is 9.10. The lowest BCUT2D eigenvalue weighted by atomic mass is 9.82. The number of benzene rings is 5. The van der Waals surface area contributed by atoms with Gasteiger partial charge in [0, 0.05) is 40.8 Å². The number of aliphatic hydroxyl groups excluding tert-OH is 1. The molecule has 12 heteroatoms. The Morgan fingerprint density at radius 1 is 0.947 bits per heavy atom. The van der Waals surface area contributed by atoms with Gasteiger partial charge in [-0.1, -0.05) is 78.9 Å². The number of aryl methyl sites for hydroxylation is 1. The van der Waals surface area contributed by atoms with Crippen LogP contribution in [0.5, 0.6) is 5.75 Å². The summed E-state index contributed by atoms with van der Waals surface area (Å²) in [4.78, 5) is 32.4. The zero-order valence-corrected chi connectivity index (χ0v) is 33.3. The van der Waals surface area contributed by atoms with Crippen LogP contribution in [0.4, 0.5) is 21.2 Å². The fraction of sp³-hybridized carbons (Fsp3) is 0.289. The van der Waals surface area contributed by atoms with Gasteiger partial charge in [0.25, 0.3) is 11.8 Å². The smallest absolute Gasteiger partial charge is 0.264 e. The van der Waals surface area contributed by atoms with Gasteiger partial charge in [-0.05, 0) is 78.5 Å². The first-order valence-corrected chi connectivity index (χ1v) is 22.4. The predicted molar refractivity (Wildman–Crippen MR) is 219 cm³/mol. The van der Waals surface area contributed by atoms with Gasteiger partial charge in [0.15, 0.2) is 5.60 Å². The molecule has 4 heterocycles. The van der Waals surface area contributed by atoms with Crippen molar-refractivity contribution in [2.75, 3.05) is 23.5 Å². The minimum Gasteiger partial charge on any atom is -0.497 e. The molecule has 5 atom stereocenters. The third-order valence-corrected chi connectivity index (χ3v) is 14.6. The predicted octanol–water partition coefficient (Wildman–Crippen LogP) is 8.27. The van der Waals surface area contributed by atoms with Crippen molar-refractivity contribution in [1.29, 1.82) is 0 Å². The van der Waals surface area contributed by atoms with E-state index in [1.54, 1.807) is 34.7 Å². The lowest BCUT2D eigenvalue weighted by molar-refractivity contribution is -0.146. The Hall–Kier alpha value is -5.69. The maximum atomic E-state index is 16.6. The maximum absolute atomic E-state index is 16.6. The fourth-order valence-electron chi connectivity index (χ4n) is 9.63. The summed E-state index contributed by atoms with van der Waals surface area (Å²) in [7, 11) is -1.85. The van der Waals surface area contributed by atoms with Gasteiger partial charge in [-0.2, -0.15) is 0 Å². The number of ether oxygens (including phenoxy) is 2. The highest BCUT2D eigenvalue weighted by Crippen LogP contribution is 2.61. The highest BCUT2D eigenvalue weighted by atomic mass is 28.4. The maximum Gasteiger partial charge on any atom is 0.264 e. The molecule has 6 aromatic rings. The van der Waals surface area contributed by atoms with Crippen LogP contribution in [0, 0.1) is 5.92 Å². The molecule has 0 saturated carbocycles. The standard InChI is InChI=1S/C45H44FN5O5Si/c1-28-42(57(3,4)46)40(21-22-49-26-37(47-48-49)35(27-52)30-12-6-5-7-13-30)56-45(28)36-24-33(55-2)19-20-38(36)50(44(45)54)25-29-11-8-16-32(23-29)51-39-18-10-15-31-14-9-17-34(41(31)39)43(51)53/h5-20,23-24,26,28,35,40,42,52H,21-22,25,27H2,1-4H3/t28-,35?,40+,42-,45+/m0/s1. The highest BCUT2D eigenvalue weighted by Gasteiger charge is 2.66. The molecule has 0 aliphatic carbocycles. The number of methoxy groups -OCH3 is 1. The lowest BCUT2D eigenvalue weighted by Crippen LogP contribution is -2.45. The van der Waals surface area contributed by atoms with Gasteiger partial charge in [0.2, 0.25) is 8.41 Å². The average molecular weight is 782 g/mol. The van der Waals surface area contributed by atoms with Gasteiger partial charge in [-0.25, -0.2) is 0 Å². The summed E-state index contributed by atoms with van der Waals surface area (Å²) in [5.41, 5.74) is 3.99. The minimum atomic E-state index is -3.43. The van der Waals surface area contributed by atoms with Gasteiger partial charge in [-0.15, -0.1) is 5.10 Å². The normalized spacial score (nSPS) is 21.9. The molecule has 1 aromatic heterocycles. The van der Waals surface area contributed by atoms with E-state index in [-0.39, 0.29) is 30.9 Å². The van der Waals surface area contributed by atoms with Crippen LogP contribution < -0.4 is 14.5 Å². The number of rotatable bonds is 11. The van der Waals surface area contributed by atoms with Crippen molar-refractivity contribution in [3.8, 4) is 5.75 Å². The van der Waals surface area contributed by atoms with Crippen LogP contribution in [0.3, 0.4) is 0 Å². The molecule has 1 fully saturated rings. The van der Waals surface area contributed by atoms with Crippen molar-refractivity contribution >= 4 is 48.1 Å². The lowest BCUT2D eigenvalue weighted by Gasteiger charge is -2.31. The van der Waals surface area contributed by atoms with Gasteiger partial charge in [0.1, 0.15) is 5.75 Å². The number of anilines is 3. The number of hydrogen-bond acceptors (Lipinski definition) is 7. The summed E-state index contributed by atoms with van der Waals surface area (Å²) in [6, 6.07) is 34.7. The summed E-state index contributed by atoms with van der Waals surface area (Å²) >= 11 is 0. The molecule has 0 radical (unpaired) electrons. The molecule has 3 aliphatic rings. The first-order valence-electron chi connectivity index (χ1n) is 19.4. The van der Waals surface area contributed by atoms with E-state index < -0.39 is 31.6 Å². The van der Waals surface area contributed by atoms with E-state index in [0.717, 1.165) is 27.6 Å². The number of nitrogens with zero attached hydrogens (tertiary/aromatic N) is 5. The number of fused-ring (bicyclic) bond motifs is 2. The first-order chi connectivity index (χ1) is 27.5. The van der Waals surface area contributed by atoms with Crippen molar-refractivity contribution in [2.24, 2.45) is 5.92 Å². The monoisotopic (exact) mass is 781 g/mol. The van der Waals surface area contributed by atoms with Crippen LogP contribution in [0.15, 0.2) is 115 Å². The van der Waals surface area contributed by atoms with Gasteiger partial charge >= 0.3 is 0 Å². The second-order valence-electron chi connectivity index (χ2n) is 15.9.